The summed E-state index contributed by atoms with van der Waals surface area (Å²) in [6, 6.07) is 0.480. The van der Waals surface area contributed by atoms with Crippen molar-refractivity contribution in [2.45, 2.75) is 50.8 Å². The van der Waals surface area contributed by atoms with Crippen molar-refractivity contribution in [1.82, 2.24) is 10.4 Å². The first kappa shape index (κ1) is 11.3. The second-order valence-electron chi connectivity index (χ2n) is 4.61. The summed E-state index contributed by atoms with van der Waals surface area (Å²) in [5.74, 6) is 0. The molecule has 86 valence electrons. The molecule has 4 heteroatoms. The van der Waals surface area contributed by atoms with Crippen LogP contribution >= 0.6 is 11.8 Å². The van der Waals surface area contributed by atoms with Crippen LogP contribution in [0, 0.1) is 0 Å². The van der Waals surface area contributed by atoms with Crippen LogP contribution in [0.1, 0.15) is 39.5 Å². The molecule has 1 saturated heterocycles. The van der Waals surface area contributed by atoms with Gasteiger partial charge in [-0.3, -0.25) is 10.4 Å². The summed E-state index contributed by atoms with van der Waals surface area (Å²) >= 11 is 1.88. The predicted octanol–water partition coefficient (Wildman–Crippen LogP) is 2.25. The summed E-state index contributed by atoms with van der Waals surface area (Å²) in [5, 5.41) is 4.15. The van der Waals surface area contributed by atoms with Crippen molar-refractivity contribution >= 4 is 16.9 Å². The largest absolute Gasteiger partial charge is 0.298 e. The van der Waals surface area contributed by atoms with Gasteiger partial charge in [-0.15, -0.1) is 0 Å². The highest BCUT2D eigenvalue weighted by Gasteiger charge is 2.20. The smallest absolute Gasteiger partial charge is 0.171 e. The number of amidine groups is 1. The Morgan fingerprint density at radius 1 is 1.27 bits per heavy atom. The molecule has 2 unspecified atom stereocenters. The van der Waals surface area contributed by atoms with Gasteiger partial charge in [-0.1, -0.05) is 25.1 Å². The van der Waals surface area contributed by atoms with Gasteiger partial charge in [0.25, 0.3) is 0 Å². The maximum absolute atomic E-state index is 4.65. The van der Waals surface area contributed by atoms with Crippen LogP contribution in [0.25, 0.3) is 0 Å². The van der Waals surface area contributed by atoms with Gasteiger partial charge >= 0.3 is 0 Å². The van der Waals surface area contributed by atoms with E-state index < -0.39 is 0 Å². The third kappa shape index (κ3) is 3.38. The molecule has 0 radical (unpaired) electrons. The van der Waals surface area contributed by atoms with E-state index in [0.29, 0.717) is 11.3 Å². The number of hydrazine groups is 1. The Hall–Kier alpha value is -0.220. The molecule has 1 N–H and O–H groups in total. The molecule has 15 heavy (non-hydrogen) atoms. The molecule has 2 heterocycles. The van der Waals surface area contributed by atoms with Crippen LogP contribution in [-0.2, 0) is 0 Å². The van der Waals surface area contributed by atoms with E-state index in [1.807, 2.05) is 11.8 Å². The summed E-state index contributed by atoms with van der Waals surface area (Å²) < 4.78 is 0. The van der Waals surface area contributed by atoms with Gasteiger partial charge in [0.1, 0.15) is 0 Å². The number of hydrogen-bond donors (Lipinski definition) is 1. The molecule has 0 aromatic rings. The molecule has 2 rings (SSSR count). The highest BCUT2D eigenvalue weighted by molar-refractivity contribution is 8.14. The number of rotatable bonds is 1. The van der Waals surface area contributed by atoms with Crippen molar-refractivity contribution in [3.05, 3.63) is 0 Å². The number of aliphatic imine (C=N–C) groups is 1. The molecule has 0 aromatic heterocycles. The van der Waals surface area contributed by atoms with Gasteiger partial charge in [0, 0.05) is 18.3 Å². The molecular formula is C11H21N3S. The van der Waals surface area contributed by atoms with Gasteiger partial charge in [0.05, 0.1) is 6.04 Å². The Morgan fingerprint density at radius 2 is 2.00 bits per heavy atom. The minimum atomic E-state index is 0.480. The third-order valence-electron chi connectivity index (χ3n) is 2.93. The molecule has 2 aliphatic heterocycles. The van der Waals surface area contributed by atoms with Crippen LogP contribution in [-0.4, -0.2) is 34.6 Å². The van der Waals surface area contributed by atoms with Crippen molar-refractivity contribution < 1.29 is 0 Å². The average Bonchev–Trinajstić information content (AvgIpc) is 2.17. The Bertz CT molecular complexity index is 236. The monoisotopic (exact) mass is 227 g/mol. The molecule has 0 aromatic carbocycles. The number of hydrogen-bond acceptors (Lipinski definition) is 4. The molecule has 3 nitrogen and oxygen atoms in total. The number of piperidine rings is 1. The summed E-state index contributed by atoms with van der Waals surface area (Å²) in [7, 11) is 0. The van der Waals surface area contributed by atoms with E-state index in [1.54, 1.807) is 0 Å². The molecule has 0 spiro atoms. The van der Waals surface area contributed by atoms with E-state index in [2.05, 4.69) is 29.3 Å². The Labute approximate surface area is 96.7 Å². The van der Waals surface area contributed by atoms with Crippen LogP contribution in [0.2, 0.25) is 0 Å². The zero-order chi connectivity index (χ0) is 10.7. The molecule has 0 bridgehead atoms. The van der Waals surface area contributed by atoms with Crippen LogP contribution in [0.5, 0.6) is 0 Å². The summed E-state index contributed by atoms with van der Waals surface area (Å²) in [6.07, 6.45) is 5.21. The maximum Gasteiger partial charge on any atom is 0.171 e. The van der Waals surface area contributed by atoms with Crippen LogP contribution in [0.3, 0.4) is 0 Å². The molecule has 0 amide bonds. The lowest BCUT2D eigenvalue weighted by molar-refractivity contribution is 0.196. The number of nitrogens with zero attached hydrogens (tertiary/aromatic N) is 2. The van der Waals surface area contributed by atoms with E-state index in [9.17, 15) is 0 Å². The van der Waals surface area contributed by atoms with Crippen molar-refractivity contribution in [2.24, 2.45) is 4.99 Å². The van der Waals surface area contributed by atoms with Crippen molar-refractivity contribution in [3.8, 4) is 0 Å². The Morgan fingerprint density at radius 3 is 2.67 bits per heavy atom. The molecular weight excluding hydrogens is 206 g/mol. The number of nitrogens with one attached hydrogen (secondary N) is 1. The molecule has 0 saturated carbocycles. The van der Waals surface area contributed by atoms with Gasteiger partial charge in [0.2, 0.25) is 0 Å². The lowest BCUT2D eigenvalue weighted by Gasteiger charge is -2.31. The summed E-state index contributed by atoms with van der Waals surface area (Å²) in [4.78, 5) is 4.65. The first-order valence-electron chi connectivity index (χ1n) is 6.00. The highest BCUT2D eigenvalue weighted by atomic mass is 32.2. The van der Waals surface area contributed by atoms with Gasteiger partial charge in [0.15, 0.2) is 5.17 Å². The van der Waals surface area contributed by atoms with Gasteiger partial charge < -0.3 is 0 Å². The molecule has 0 aliphatic carbocycles. The Kier molecular flexibility index (Phi) is 3.92. The predicted molar refractivity (Wildman–Crippen MR) is 67.1 cm³/mol. The lowest BCUT2D eigenvalue weighted by atomic mass is 10.2. The first-order chi connectivity index (χ1) is 7.24. The standard InChI is InChI=1S/C11H21N3S/c1-9-8-10(2)15-11(12-9)13-14-6-4-3-5-7-14/h9-10H,3-8H2,1-2H3,(H,12,13). The van der Waals surface area contributed by atoms with E-state index >= 15 is 0 Å². The zero-order valence-corrected chi connectivity index (χ0v) is 10.5. The van der Waals surface area contributed by atoms with Gasteiger partial charge in [-0.25, -0.2) is 5.01 Å². The zero-order valence-electron chi connectivity index (χ0n) is 9.70. The maximum atomic E-state index is 4.65. The van der Waals surface area contributed by atoms with E-state index in [-0.39, 0.29) is 0 Å². The van der Waals surface area contributed by atoms with Crippen LogP contribution in [0.15, 0.2) is 4.99 Å². The molecule has 2 aliphatic rings. The van der Waals surface area contributed by atoms with Crippen LogP contribution < -0.4 is 5.43 Å². The van der Waals surface area contributed by atoms with Crippen molar-refractivity contribution in [3.63, 3.8) is 0 Å². The SMILES string of the molecule is CC1CC(C)SC(NN2CCCCC2)=N1. The first-order valence-corrected chi connectivity index (χ1v) is 6.88. The lowest BCUT2D eigenvalue weighted by Crippen LogP contribution is -2.45. The van der Waals surface area contributed by atoms with Crippen molar-refractivity contribution in [2.75, 3.05) is 13.1 Å². The molecule has 1 fully saturated rings. The third-order valence-corrected chi connectivity index (χ3v) is 3.95. The van der Waals surface area contributed by atoms with Gasteiger partial charge in [-0.05, 0) is 26.2 Å². The summed E-state index contributed by atoms with van der Waals surface area (Å²) in [6.45, 7) is 6.83. The van der Waals surface area contributed by atoms with E-state index in [4.69, 9.17) is 0 Å². The van der Waals surface area contributed by atoms with E-state index in [1.165, 1.54) is 38.8 Å². The minimum absolute atomic E-state index is 0.480. The summed E-state index contributed by atoms with van der Waals surface area (Å²) in [5.41, 5.74) is 3.46. The topological polar surface area (TPSA) is 27.6 Å². The normalized spacial score (nSPS) is 33.6. The number of thioether (sulfide) groups is 1. The fourth-order valence-electron chi connectivity index (χ4n) is 2.20. The Balaban J connectivity index is 1.87. The fraction of sp³-hybridized carbons (Fsp3) is 0.909. The second-order valence-corrected chi connectivity index (χ2v) is 6.03. The van der Waals surface area contributed by atoms with Gasteiger partial charge in [-0.2, -0.15) is 0 Å². The fourth-order valence-corrected chi connectivity index (χ4v) is 3.38. The minimum Gasteiger partial charge on any atom is -0.298 e. The highest BCUT2D eigenvalue weighted by Crippen LogP contribution is 2.24. The average molecular weight is 227 g/mol. The molecule has 2 atom stereocenters. The second kappa shape index (κ2) is 5.21. The van der Waals surface area contributed by atoms with Crippen LogP contribution in [0.4, 0.5) is 0 Å². The van der Waals surface area contributed by atoms with Crippen molar-refractivity contribution in [1.29, 1.82) is 0 Å². The van der Waals surface area contributed by atoms with E-state index in [0.717, 1.165) is 5.17 Å². The quantitative estimate of drug-likeness (QED) is 0.744.